The fourth-order valence-electron chi connectivity index (χ4n) is 1.69. The number of carbonyl (C=O) groups is 2. The number of rotatable bonds is 3. The molecule has 0 aliphatic carbocycles. The molecule has 1 aromatic rings. The molecule has 1 N–H and O–H groups in total. The Balaban J connectivity index is 2.87. The van der Waals surface area contributed by atoms with Crippen molar-refractivity contribution in [3.8, 4) is 0 Å². The predicted molar refractivity (Wildman–Crippen MR) is 85.7 cm³/mol. The Morgan fingerprint density at radius 1 is 1.29 bits per heavy atom. The minimum atomic E-state index is -0.729. The molecule has 0 radical (unpaired) electrons. The quantitative estimate of drug-likeness (QED) is 0.866. The van der Waals surface area contributed by atoms with Crippen LogP contribution < -0.4 is 5.32 Å². The van der Waals surface area contributed by atoms with E-state index < -0.39 is 6.09 Å². The van der Waals surface area contributed by atoms with Crippen molar-refractivity contribution in [1.29, 1.82) is 0 Å². The summed E-state index contributed by atoms with van der Waals surface area (Å²) in [6.45, 7) is 10.2. The summed E-state index contributed by atoms with van der Waals surface area (Å²) in [5, 5.41) is 1.82. The van der Waals surface area contributed by atoms with Crippen molar-refractivity contribution in [3.05, 3.63) is 29.3 Å². The number of hydrogen-bond acceptors (Lipinski definition) is 4. The number of hydrogen-bond donors (Lipinski definition) is 1. The molecule has 0 spiro atoms. The van der Waals surface area contributed by atoms with Gasteiger partial charge in [-0.2, -0.15) is 0 Å². The first-order valence-corrected chi connectivity index (χ1v) is 7.69. The molecule has 21 heavy (non-hydrogen) atoms. The Morgan fingerprint density at radius 3 is 2.43 bits per heavy atom. The van der Waals surface area contributed by atoms with Gasteiger partial charge in [-0.3, -0.25) is 10.1 Å². The van der Waals surface area contributed by atoms with Crippen molar-refractivity contribution < 1.29 is 14.3 Å². The lowest BCUT2D eigenvalue weighted by molar-refractivity contribution is -0.119. The molecule has 0 aromatic heterocycles. The normalized spacial score (nSPS) is 12.7. The first-order valence-electron chi connectivity index (χ1n) is 6.81. The molecule has 2 amide bonds. The van der Waals surface area contributed by atoms with Crippen LogP contribution in [0.25, 0.3) is 0 Å². The van der Waals surface area contributed by atoms with E-state index in [-0.39, 0.29) is 16.6 Å². The van der Waals surface area contributed by atoms with Crippen LogP contribution in [0, 0.1) is 6.92 Å². The number of thioether (sulfide) groups is 1. The van der Waals surface area contributed by atoms with E-state index in [0.717, 1.165) is 10.5 Å². The summed E-state index contributed by atoms with van der Waals surface area (Å²) in [7, 11) is 1.23. The SMILES string of the molecule is COC(=O)NC(=O)[C@H](C)Sc1cc(C(C)(C)C)ccc1C. The molecule has 4 nitrogen and oxygen atoms in total. The summed E-state index contributed by atoms with van der Waals surface area (Å²) in [5.41, 5.74) is 2.39. The average molecular weight is 309 g/mol. The number of nitrogens with one attached hydrogen (secondary N) is 1. The lowest BCUT2D eigenvalue weighted by Gasteiger charge is -2.21. The third-order valence-corrected chi connectivity index (χ3v) is 4.40. The molecule has 0 saturated carbocycles. The zero-order valence-corrected chi connectivity index (χ0v) is 14.3. The lowest BCUT2D eigenvalue weighted by atomic mass is 9.87. The van der Waals surface area contributed by atoms with Gasteiger partial charge in [-0.05, 0) is 36.5 Å². The maximum Gasteiger partial charge on any atom is 0.413 e. The molecule has 1 aromatic carbocycles. The Bertz CT molecular complexity index is 535. The van der Waals surface area contributed by atoms with E-state index in [1.165, 1.54) is 24.4 Å². The van der Waals surface area contributed by atoms with Crippen LogP contribution in [0.4, 0.5) is 4.79 Å². The maximum atomic E-state index is 11.9. The number of methoxy groups -OCH3 is 1. The molecule has 0 aliphatic heterocycles. The molecule has 0 aliphatic rings. The Kier molecular flexibility index (Phi) is 5.84. The van der Waals surface area contributed by atoms with Crippen molar-refractivity contribution in [1.82, 2.24) is 5.32 Å². The first-order chi connectivity index (χ1) is 9.65. The summed E-state index contributed by atoms with van der Waals surface area (Å²) < 4.78 is 4.43. The summed E-state index contributed by atoms with van der Waals surface area (Å²) in [4.78, 5) is 24.0. The molecule has 0 saturated heterocycles. The van der Waals surface area contributed by atoms with Crippen LogP contribution in [-0.2, 0) is 14.9 Å². The monoisotopic (exact) mass is 309 g/mol. The van der Waals surface area contributed by atoms with Crippen molar-refractivity contribution >= 4 is 23.8 Å². The summed E-state index contributed by atoms with van der Waals surface area (Å²) >= 11 is 1.44. The van der Waals surface area contributed by atoms with Gasteiger partial charge in [0.1, 0.15) is 0 Å². The standard InChI is InChI=1S/C16H23NO3S/c1-10-7-8-12(16(3,4)5)9-13(10)21-11(2)14(18)17-15(19)20-6/h7-9,11H,1-6H3,(H,17,18,19)/t11-/m0/s1. The second-order valence-corrected chi connectivity index (χ2v) is 7.35. The highest BCUT2D eigenvalue weighted by molar-refractivity contribution is 8.00. The van der Waals surface area contributed by atoms with Gasteiger partial charge in [0.2, 0.25) is 5.91 Å². The molecule has 0 bridgehead atoms. The summed E-state index contributed by atoms with van der Waals surface area (Å²) in [5.74, 6) is -0.354. The van der Waals surface area contributed by atoms with Crippen molar-refractivity contribution in [2.24, 2.45) is 0 Å². The van der Waals surface area contributed by atoms with Crippen LogP contribution in [0.2, 0.25) is 0 Å². The van der Waals surface area contributed by atoms with Crippen molar-refractivity contribution in [2.45, 2.75) is 50.2 Å². The van der Waals surface area contributed by atoms with Gasteiger partial charge in [0, 0.05) is 4.90 Å². The summed E-state index contributed by atoms with van der Waals surface area (Å²) in [6, 6.07) is 6.29. The predicted octanol–water partition coefficient (Wildman–Crippen LogP) is 3.66. The van der Waals surface area contributed by atoms with Crippen LogP contribution in [0.5, 0.6) is 0 Å². The Labute approximate surface area is 130 Å². The molecule has 0 fully saturated rings. The fraction of sp³-hybridized carbons (Fsp3) is 0.500. The Hall–Kier alpha value is -1.49. The van der Waals surface area contributed by atoms with Gasteiger partial charge in [0.25, 0.3) is 0 Å². The molecular weight excluding hydrogens is 286 g/mol. The largest absolute Gasteiger partial charge is 0.453 e. The highest BCUT2D eigenvalue weighted by Gasteiger charge is 2.20. The topological polar surface area (TPSA) is 55.4 Å². The molecule has 5 heteroatoms. The molecule has 1 atom stereocenters. The van der Waals surface area contributed by atoms with Crippen LogP contribution in [0.1, 0.15) is 38.8 Å². The van der Waals surface area contributed by atoms with Crippen LogP contribution in [0.3, 0.4) is 0 Å². The smallest absolute Gasteiger partial charge is 0.413 e. The number of amides is 2. The van der Waals surface area contributed by atoms with E-state index in [1.54, 1.807) is 6.92 Å². The highest BCUT2D eigenvalue weighted by atomic mass is 32.2. The van der Waals surface area contributed by atoms with Gasteiger partial charge in [-0.15, -0.1) is 11.8 Å². The van der Waals surface area contributed by atoms with E-state index in [0.29, 0.717) is 0 Å². The molecule has 116 valence electrons. The number of ether oxygens (including phenoxy) is 1. The highest BCUT2D eigenvalue weighted by Crippen LogP contribution is 2.31. The Morgan fingerprint density at radius 2 is 1.90 bits per heavy atom. The molecule has 0 unspecified atom stereocenters. The molecular formula is C16H23NO3S. The summed E-state index contributed by atoms with van der Waals surface area (Å²) in [6.07, 6.45) is -0.729. The molecule has 0 heterocycles. The number of benzene rings is 1. The second-order valence-electron chi connectivity index (χ2n) is 5.97. The van der Waals surface area contributed by atoms with Crippen LogP contribution in [0.15, 0.2) is 23.1 Å². The first kappa shape index (κ1) is 17.6. The average Bonchev–Trinajstić information content (AvgIpc) is 2.39. The van der Waals surface area contributed by atoms with E-state index in [1.807, 2.05) is 6.92 Å². The second kappa shape index (κ2) is 6.98. The number of carbonyl (C=O) groups excluding carboxylic acids is 2. The minimum Gasteiger partial charge on any atom is -0.453 e. The van der Waals surface area contributed by atoms with E-state index in [9.17, 15) is 9.59 Å². The van der Waals surface area contributed by atoms with E-state index in [4.69, 9.17) is 0 Å². The third-order valence-electron chi connectivity index (χ3n) is 3.14. The number of aryl methyl sites for hydroxylation is 1. The third kappa shape index (κ3) is 5.08. The van der Waals surface area contributed by atoms with Gasteiger partial charge < -0.3 is 4.74 Å². The van der Waals surface area contributed by atoms with Crippen molar-refractivity contribution in [3.63, 3.8) is 0 Å². The van der Waals surface area contributed by atoms with Gasteiger partial charge in [-0.25, -0.2) is 4.79 Å². The lowest BCUT2D eigenvalue weighted by Crippen LogP contribution is -2.35. The van der Waals surface area contributed by atoms with Gasteiger partial charge >= 0.3 is 6.09 Å². The van der Waals surface area contributed by atoms with Gasteiger partial charge in [0.05, 0.1) is 12.4 Å². The van der Waals surface area contributed by atoms with Crippen LogP contribution in [-0.4, -0.2) is 24.4 Å². The van der Waals surface area contributed by atoms with Crippen LogP contribution >= 0.6 is 11.8 Å². The fourth-order valence-corrected chi connectivity index (χ4v) is 2.69. The van der Waals surface area contributed by atoms with Crippen molar-refractivity contribution in [2.75, 3.05) is 7.11 Å². The van der Waals surface area contributed by atoms with E-state index in [2.05, 4.69) is 49.0 Å². The maximum absolute atomic E-state index is 11.9. The van der Waals surface area contributed by atoms with E-state index >= 15 is 0 Å². The zero-order valence-electron chi connectivity index (χ0n) is 13.4. The zero-order chi connectivity index (χ0) is 16.2. The number of imide groups is 1. The van der Waals surface area contributed by atoms with Gasteiger partial charge in [-0.1, -0.05) is 32.9 Å². The minimum absolute atomic E-state index is 0.0561. The van der Waals surface area contributed by atoms with Gasteiger partial charge in [0.15, 0.2) is 0 Å². The number of alkyl carbamates (subject to hydrolysis) is 1. The molecule has 1 rings (SSSR count).